The van der Waals surface area contributed by atoms with Crippen molar-refractivity contribution in [2.24, 2.45) is 0 Å². The molecule has 144 valence electrons. The van der Waals surface area contributed by atoms with Crippen molar-refractivity contribution in [1.29, 1.82) is 0 Å². The maximum atomic E-state index is 12.3. The van der Waals surface area contributed by atoms with Crippen molar-refractivity contribution in [1.82, 2.24) is 10.2 Å². The number of carbonyl (C=O) groups is 2. The summed E-state index contributed by atoms with van der Waals surface area (Å²) in [4.78, 5) is 25.8. The van der Waals surface area contributed by atoms with E-state index >= 15 is 0 Å². The Balaban J connectivity index is 1.88. The Bertz CT molecular complexity index is 600. The van der Waals surface area contributed by atoms with Crippen molar-refractivity contribution >= 4 is 12.2 Å². The number of benzene rings is 1. The van der Waals surface area contributed by atoms with Crippen LogP contribution in [0, 0.1) is 0 Å². The normalized spacial score (nSPS) is 20.8. The van der Waals surface area contributed by atoms with E-state index < -0.39 is 23.9 Å². The van der Waals surface area contributed by atoms with Crippen LogP contribution < -0.4 is 5.32 Å². The highest BCUT2D eigenvalue weighted by Gasteiger charge is 2.30. The zero-order chi connectivity index (χ0) is 19.2. The maximum Gasteiger partial charge on any atom is 0.410 e. The smallest absolute Gasteiger partial charge is 0.410 e. The number of nitrogens with one attached hydrogen (secondary N) is 1. The zero-order valence-electron chi connectivity index (χ0n) is 15.6. The van der Waals surface area contributed by atoms with Gasteiger partial charge in [0.2, 0.25) is 0 Å². The van der Waals surface area contributed by atoms with Crippen molar-refractivity contribution in [3.8, 4) is 0 Å². The summed E-state index contributed by atoms with van der Waals surface area (Å²) in [6.45, 7) is 6.00. The van der Waals surface area contributed by atoms with Crippen LogP contribution in [0.4, 0.5) is 9.59 Å². The molecule has 1 fully saturated rings. The fraction of sp³-hybridized carbons (Fsp3) is 0.579. The molecule has 1 saturated heterocycles. The number of rotatable bonds is 3. The Morgan fingerprint density at radius 2 is 1.88 bits per heavy atom. The van der Waals surface area contributed by atoms with Gasteiger partial charge < -0.3 is 24.8 Å². The Morgan fingerprint density at radius 1 is 1.19 bits per heavy atom. The van der Waals surface area contributed by atoms with E-state index in [1.165, 1.54) is 4.90 Å². The van der Waals surface area contributed by atoms with Gasteiger partial charge >= 0.3 is 12.2 Å². The molecule has 1 aromatic carbocycles. The van der Waals surface area contributed by atoms with Crippen molar-refractivity contribution in [3.63, 3.8) is 0 Å². The number of hydrogen-bond donors (Lipinski definition) is 2. The first-order chi connectivity index (χ1) is 12.2. The zero-order valence-corrected chi connectivity index (χ0v) is 15.6. The van der Waals surface area contributed by atoms with Crippen molar-refractivity contribution < 1.29 is 24.2 Å². The van der Waals surface area contributed by atoms with Crippen LogP contribution in [0.2, 0.25) is 0 Å². The van der Waals surface area contributed by atoms with E-state index in [4.69, 9.17) is 9.47 Å². The highest BCUT2D eigenvalue weighted by molar-refractivity contribution is 5.69. The molecular weight excluding hydrogens is 336 g/mol. The molecule has 1 aliphatic heterocycles. The van der Waals surface area contributed by atoms with Gasteiger partial charge in [0, 0.05) is 13.1 Å². The minimum atomic E-state index is -0.644. The monoisotopic (exact) mass is 364 g/mol. The average molecular weight is 364 g/mol. The van der Waals surface area contributed by atoms with Crippen molar-refractivity contribution in [3.05, 3.63) is 35.9 Å². The molecule has 2 unspecified atom stereocenters. The lowest BCUT2D eigenvalue weighted by atomic mass is 10.1. The van der Waals surface area contributed by atoms with Gasteiger partial charge in [-0.05, 0) is 39.2 Å². The van der Waals surface area contributed by atoms with Crippen molar-refractivity contribution in [2.45, 2.75) is 58.0 Å². The fourth-order valence-electron chi connectivity index (χ4n) is 2.70. The predicted octanol–water partition coefficient (Wildman–Crippen LogP) is 2.67. The summed E-state index contributed by atoms with van der Waals surface area (Å²) in [5.41, 5.74) is 0.278. The minimum Gasteiger partial charge on any atom is -0.445 e. The molecule has 0 spiro atoms. The van der Waals surface area contributed by atoms with Crippen LogP contribution in [0.25, 0.3) is 0 Å². The minimum absolute atomic E-state index is 0.178. The number of amides is 2. The molecule has 0 aromatic heterocycles. The van der Waals surface area contributed by atoms with Gasteiger partial charge in [0.25, 0.3) is 0 Å². The van der Waals surface area contributed by atoms with Crippen LogP contribution in [-0.4, -0.2) is 53.0 Å². The predicted molar refractivity (Wildman–Crippen MR) is 96.6 cm³/mol. The number of carbonyl (C=O) groups excluding carboxylic acids is 2. The molecule has 7 heteroatoms. The van der Waals surface area contributed by atoms with E-state index in [0.29, 0.717) is 12.8 Å². The van der Waals surface area contributed by atoms with E-state index in [1.54, 1.807) is 20.8 Å². The Hall–Kier alpha value is -2.28. The Labute approximate surface area is 154 Å². The molecule has 7 nitrogen and oxygen atoms in total. The quantitative estimate of drug-likeness (QED) is 0.861. The SMILES string of the molecule is CC(C)(C)OC(=O)N1CC(O)CCC(NC(=O)OCc2ccccc2)C1. The molecular formula is C19H28N2O5. The summed E-state index contributed by atoms with van der Waals surface area (Å²) in [5, 5.41) is 12.8. The average Bonchev–Trinajstić information content (AvgIpc) is 2.74. The number of hydrogen-bond acceptors (Lipinski definition) is 5. The lowest BCUT2D eigenvalue weighted by Gasteiger charge is -2.29. The summed E-state index contributed by atoms with van der Waals surface area (Å²) in [5.74, 6) is 0. The van der Waals surface area contributed by atoms with E-state index in [1.807, 2.05) is 30.3 Å². The Morgan fingerprint density at radius 3 is 2.54 bits per heavy atom. The number of alkyl carbamates (subject to hydrolysis) is 1. The summed E-state index contributed by atoms with van der Waals surface area (Å²) >= 11 is 0. The van der Waals surface area contributed by atoms with E-state index in [-0.39, 0.29) is 25.7 Å². The largest absolute Gasteiger partial charge is 0.445 e. The molecule has 26 heavy (non-hydrogen) atoms. The summed E-state index contributed by atoms with van der Waals surface area (Å²) in [6, 6.07) is 9.09. The summed E-state index contributed by atoms with van der Waals surface area (Å²) in [6.07, 6.45) is -0.638. The highest BCUT2D eigenvalue weighted by Crippen LogP contribution is 2.16. The molecule has 1 aromatic rings. The third-order valence-electron chi connectivity index (χ3n) is 3.91. The van der Waals surface area contributed by atoms with E-state index in [0.717, 1.165) is 5.56 Å². The molecule has 1 heterocycles. The Kier molecular flexibility index (Phi) is 6.85. The first-order valence-electron chi connectivity index (χ1n) is 8.86. The number of likely N-dealkylation sites (tertiary alicyclic amines) is 1. The molecule has 2 amide bonds. The standard InChI is InChI=1S/C19H28N2O5/c1-19(2,3)26-18(24)21-11-15(9-10-16(22)12-21)20-17(23)25-13-14-7-5-4-6-8-14/h4-8,15-16,22H,9-13H2,1-3H3,(H,20,23). The molecule has 0 radical (unpaired) electrons. The van der Waals surface area contributed by atoms with Gasteiger partial charge in [-0.3, -0.25) is 0 Å². The second kappa shape index (κ2) is 8.89. The van der Waals surface area contributed by atoms with Gasteiger partial charge in [-0.2, -0.15) is 0 Å². The van der Waals surface area contributed by atoms with Crippen LogP contribution in [0.3, 0.4) is 0 Å². The number of nitrogens with zero attached hydrogens (tertiary/aromatic N) is 1. The van der Waals surface area contributed by atoms with Gasteiger partial charge in [-0.15, -0.1) is 0 Å². The number of aliphatic hydroxyl groups excluding tert-OH is 1. The number of β-amino-alcohol motifs (C(OH)–C–C–N with tert-alkyl or cyclic N) is 1. The highest BCUT2D eigenvalue weighted by atomic mass is 16.6. The van der Waals surface area contributed by atoms with E-state index in [9.17, 15) is 14.7 Å². The third kappa shape index (κ3) is 6.92. The van der Waals surface area contributed by atoms with Gasteiger partial charge in [0.05, 0.1) is 12.1 Å². The molecule has 1 aliphatic rings. The molecule has 2 atom stereocenters. The van der Waals surface area contributed by atoms with Gasteiger partial charge in [0.1, 0.15) is 12.2 Å². The van der Waals surface area contributed by atoms with Gasteiger partial charge in [-0.1, -0.05) is 30.3 Å². The molecule has 0 saturated carbocycles. The van der Waals surface area contributed by atoms with Crippen LogP contribution >= 0.6 is 0 Å². The van der Waals surface area contributed by atoms with Gasteiger partial charge in [-0.25, -0.2) is 9.59 Å². The van der Waals surface area contributed by atoms with Crippen LogP contribution in [0.5, 0.6) is 0 Å². The summed E-state index contributed by atoms with van der Waals surface area (Å²) < 4.78 is 10.6. The van der Waals surface area contributed by atoms with Crippen LogP contribution in [-0.2, 0) is 16.1 Å². The first-order valence-corrected chi connectivity index (χ1v) is 8.86. The van der Waals surface area contributed by atoms with E-state index in [2.05, 4.69) is 5.32 Å². The third-order valence-corrected chi connectivity index (χ3v) is 3.91. The van der Waals surface area contributed by atoms with Crippen LogP contribution in [0.1, 0.15) is 39.2 Å². The lowest BCUT2D eigenvalue weighted by molar-refractivity contribution is 0.0162. The number of ether oxygens (including phenoxy) is 2. The second-order valence-corrected chi connectivity index (χ2v) is 7.52. The molecule has 2 N–H and O–H groups in total. The fourth-order valence-corrected chi connectivity index (χ4v) is 2.70. The molecule has 2 rings (SSSR count). The topological polar surface area (TPSA) is 88.1 Å². The number of aliphatic hydroxyl groups is 1. The van der Waals surface area contributed by atoms with Crippen molar-refractivity contribution in [2.75, 3.05) is 13.1 Å². The maximum absolute atomic E-state index is 12.3. The first kappa shape index (κ1) is 20.0. The second-order valence-electron chi connectivity index (χ2n) is 7.52. The van der Waals surface area contributed by atoms with Gasteiger partial charge in [0.15, 0.2) is 0 Å². The summed E-state index contributed by atoms with van der Waals surface area (Å²) in [7, 11) is 0. The van der Waals surface area contributed by atoms with Crippen LogP contribution in [0.15, 0.2) is 30.3 Å². The molecule has 0 aliphatic carbocycles. The lowest BCUT2D eigenvalue weighted by Crippen LogP contribution is -2.47. The molecule has 0 bridgehead atoms.